The lowest BCUT2D eigenvalue weighted by Crippen LogP contribution is -2.29. The summed E-state index contributed by atoms with van der Waals surface area (Å²) in [4.78, 5) is 0. The van der Waals surface area contributed by atoms with E-state index in [9.17, 15) is 0 Å². The van der Waals surface area contributed by atoms with E-state index in [0.29, 0.717) is 5.41 Å². The number of allylic oxidation sites excluding steroid dienone is 4. The zero-order chi connectivity index (χ0) is 11.1. The van der Waals surface area contributed by atoms with E-state index in [1.807, 2.05) is 0 Å². The Hall–Kier alpha value is -0.520. The zero-order valence-corrected chi connectivity index (χ0v) is 10.7. The first-order chi connectivity index (χ1) is 7.06. The lowest BCUT2D eigenvalue weighted by atomic mass is 9.65. The summed E-state index contributed by atoms with van der Waals surface area (Å²) in [5, 5.41) is 0. The fourth-order valence-electron chi connectivity index (χ4n) is 3.53. The maximum atomic E-state index is 2.49. The normalized spacial score (nSPS) is 35.9. The fourth-order valence-corrected chi connectivity index (χ4v) is 3.53. The molecule has 0 nitrogen and oxygen atoms in total. The summed E-state index contributed by atoms with van der Waals surface area (Å²) in [5.74, 6) is 0.888. The van der Waals surface area contributed by atoms with Gasteiger partial charge in [-0.25, -0.2) is 0 Å². The van der Waals surface area contributed by atoms with Crippen molar-refractivity contribution in [2.75, 3.05) is 0 Å². The molecule has 0 aromatic heterocycles. The largest absolute Gasteiger partial charge is 0.0850 e. The van der Waals surface area contributed by atoms with E-state index in [0.717, 1.165) is 5.92 Å². The minimum Gasteiger partial charge on any atom is -0.0850 e. The van der Waals surface area contributed by atoms with Gasteiger partial charge in [0.2, 0.25) is 0 Å². The molecule has 1 saturated carbocycles. The van der Waals surface area contributed by atoms with Gasteiger partial charge in [-0.1, -0.05) is 29.7 Å². The Morgan fingerprint density at radius 3 is 2.67 bits per heavy atom. The highest BCUT2D eigenvalue weighted by Crippen LogP contribution is 2.55. The van der Waals surface area contributed by atoms with Gasteiger partial charge < -0.3 is 0 Å². The zero-order valence-electron chi connectivity index (χ0n) is 10.7. The van der Waals surface area contributed by atoms with Crippen molar-refractivity contribution in [1.29, 1.82) is 0 Å². The summed E-state index contributed by atoms with van der Waals surface area (Å²) < 4.78 is 0. The lowest BCUT2D eigenvalue weighted by molar-refractivity contribution is 0.213. The Labute approximate surface area is 94.5 Å². The molecular formula is C15H24. The molecule has 0 heteroatoms. The first-order valence-corrected chi connectivity index (χ1v) is 6.39. The standard InChI is InChI=1S/C15H24/c1-11(2)14-8-9-15(10-14)12(3)6-5-7-13(15)4/h6,13H,5,7-10H2,1-4H3/t13-,15+/m1/s1. The van der Waals surface area contributed by atoms with Gasteiger partial charge >= 0.3 is 0 Å². The summed E-state index contributed by atoms with van der Waals surface area (Å²) >= 11 is 0. The molecule has 2 rings (SSSR count). The highest BCUT2D eigenvalue weighted by Gasteiger charge is 2.43. The van der Waals surface area contributed by atoms with Crippen molar-refractivity contribution >= 4 is 0 Å². The van der Waals surface area contributed by atoms with Crippen molar-refractivity contribution < 1.29 is 0 Å². The summed E-state index contributed by atoms with van der Waals surface area (Å²) in [6.07, 6.45) is 9.29. The molecule has 0 aliphatic heterocycles. The molecule has 84 valence electrons. The van der Waals surface area contributed by atoms with Gasteiger partial charge in [0, 0.05) is 0 Å². The van der Waals surface area contributed by atoms with E-state index in [1.54, 1.807) is 16.7 Å². The van der Waals surface area contributed by atoms with E-state index in [-0.39, 0.29) is 0 Å². The van der Waals surface area contributed by atoms with E-state index in [2.05, 4.69) is 33.8 Å². The van der Waals surface area contributed by atoms with Crippen LogP contribution in [0.5, 0.6) is 0 Å². The highest BCUT2D eigenvalue weighted by atomic mass is 14.5. The Bertz CT molecular complexity index is 315. The first kappa shape index (κ1) is 11.0. The third kappa shape index (κ3) is 1.68. The quantitative estimate of drug-likeness (QED) is 0.494. The van der Waals surface area contributed by atoms with Crippen molar-refractivity contribution in [3.63, 3.8) is 0 Å². The monoisotopic (exact) mass is 204 g/mol. The molecule has 0 unspecified atom stereocenters. The van der Waals surface area contributed by atoms with Crippen LogP contribution >= 0.6 is 0 Å². The van der Waals surface area contributed by atoms with Crippen LogP contribution < -0.4 is 0 Å². The predicted octanol–water partition coefficient (Wildman–Crippen LogP) is 4.87. The number of rotatable bonds is 0. The topological polar surface area (TPSA) is 0 Å². The van der Waals surface area contributed by atoms with Gasteiger partial charge in [-0.2, -0.15) is 0 Å². The molecule has 0 aromatic rings. The van der Waals surface area contributed by atoms with Crippen LogP contribution in [0.25, 0.3) is 0 Å². The SMILES string of the molecule is CC1=CCC[C@@H](C)[C@]12CCC(=C(C)C)C2. The summed E-state index contributed by atoms with van der Waals surface area (Å²) in [6, 6.07) is 0. The van der Waals surface area contributed by atoms with Crippen molar-refractivity contribution in [3.05, 3.63) is 22.8 Å². The second kappa shape index (κ2) is 3.81. The molecule has 2 aliphatic rings. The molecular weight excluding hydrogens is 180 g/mol. The van der Waals surface area contributed by atoms with E-state index in [4.69, 9.17) is 0 Å². The second-order valence-electron chi connectivity index (χ2n) is 5.80. The molecule has 0 aromatic carbocycles. The minimum atomic E-state index is 0.546. The molecule has 2 atom stereocenters. The van der Waals surface area contributed by atoms with Crippen LogP contribution in [0.3, 0.4) is 0 Å². The van der Waals surface area contributed by atoms with E-state index >= 15 is 0 Å². The Morgan fingerprint density at radius 2 is 2.13 bits per heavy atom. The molecule has 2 aliphatic carbocycles. The van der Waals surface area contributed by atoms with Gasteiger partial charge in [-0.05, 0) is 64.2 Å². The molecule has 0 heterocycles. The highest BCUT2D eigenvalue weighted by molar-refractivity contribution is 5.28. The van der Waals surface area contributed by atoms with Crippen LogP contribution in [0.2, 0.25) is 0 Å². The van der Waals surface area contributed by atoms with Crippen molar-refractivity contribution in [2.24, 2.45) is 11.3 Å². The molecule has 0 amide bonds. The molecule has 15 heavy (non-hydrogen) atoms. The van der Waals surface area contributed by atoms with Gasteiger partial charge in [0.1, 0.15) is 0 Å². The maximum Gasteiger partial charge on any atom is -0.00249 e. The van der Waals surface area contributed by atoms with Gasteiger partial charge in [-0.3, -0.25) is 0 Å². The molecule has 0 radical (unpaired) electrons. The summed E-state index contributed by atoms with van der Waals surface area (Å²) in [7, 11) is 0. The molecule has 0 N–H and O–H groups in total. The van der Waals surface area contributed by atoms with E-state index < -0.39 is 0 Å². The summed E-state index contributed by atoms with van der Waals surface area (Å²) in [5.41, 5.74) is 5.52. The number of hydrogen-bond donors (Lipinski definition) is 0. The van der Waals surface area contributed by atoms with Gasteiger partial charge in [0.05, 0.1) is 0 Å². The fraction of sp³-hybridized carbons (Fsp3) is 0.733. The smallest absolute Gasteiger partial charge is 0.00249 e. The third-order valence-electron chi connectivity index (χ3n) is 4.89. The molecule has 0 bridgehead atoms. The Kier molecular flexibility index (Phi) is 2.79. The van der Waals surface area contributed by atoms with Crippen molar-refractivity contribution in [2.45, 2.75) is 59.8 Å². The van der Waals surface area contributed by atoms with Crippen LogP contribution in [0.1, 0.15) is 59.8 Å². The second-order valence-corrected chi connectivity index (χ2v) is 5.80. The maximum absolute atomic E-state index is 2.49. The Morgan fingerprint density at radius 1 is 1.40 bits per heavy atom. The minimum absolute atomic E-state index is 0.546. The Balaban J connectivity index is 2.32. The van der Waals surface area contributed by atoms with Gasteiger partial charge in [-0.15, -0.1) is 0 Å². The van der Waals surface area contributed by atoms with Gasteiger partial charge in [0.15, 0.2) is 0 Å². The molecule has 0 saturated heterocycles. The summed E-state index contributed by atoms with van der Waals surface area (Å²) in [6.45, 7) is 9.38. The van der Waals surface area contributed by atoms with E-state index in [1.165, 1.54) is 32.1 Å². The third-order valence-corrected chi connectivity index (χ3v) is 4.89. The average Bonchev–Trinajstić information content (AvgIpc) is 2.61. The predicted molar refractivity (Wildman–Crippen MR) is 66.8 cm³/mol. The van der Waals surface area contributed by atoms with Crippen LogP contribution in [-0.4, -0.2) is 0 Å². The van der Waals surface area contributed by atoms with Gasteiger partial charge in [0.25, 0.3) is 0 Å². The van der Waals surface area contributed by atoms with Crippen molar-refractivity contribution in [1.82, 2.24) is 0 Å². The van der Waals surface area contributed by atoms with Crippen LogP contribution in [0.4, 0.5) is 0 Å². The number of hydrogen-bond acceptors (Lipinski definition) is 0. The average molecular weight is 204 g/mol. The van der Waals surface area contributed by atoms with Crippen LogP contribution in [0.15, 0.2) is 22.8 Å². The molecule has 1 spiro atoms. The lowest BCUT2D eigenvalue weighted by Gasteiger charge is -2.40. The molecule has 1 fully saturated rings. The van der Waals surface area contributed by atoms with Crippen LogP contribution in [0, 0.1) is 11.3 Å². The first-order valence-electron chi connectivity index (χ1n) is 6.39. The van der Waals surface area contributed by atoms with Crippen molar-refractivity contribution in [3.8, 4) is 0 Å². The van der Waals surface area contributed by atoms with Crippen LogP contribution in [-0.2, 0) is 0 Å².